The second kappa shape index (κ2) is 5.85. The van der Waals surface area contributed by atoms with Gasteiger partial charge in [-0.15, -0.1) is 0 Å². The minimum absolute atomic E-state index is 0.0201. The third kappa shape index (κ3) is 3.32. The van der Waals surface area contributed by atoms with Crippen molar-refractivity contribution < 1.29 is 4.79 Å². The Morgan fingerprint density at radius 1 is 1.26 bits per heavy atom. The summed E-state index contributed by atoms with van der Waals surface area (Å²) in [4.78, 5) is 17.4. The molecule has 2 rings (SSSR count). The molecular weight excluding hydrogens is 260 g/mol. The summed E-state index contributed by atoms with van der Waals surface area (Å²) in [6.45, 7) is 2.28. The van der Waals surface area contributed by atoms with E-state index >= 15 is 0 Å². The number of benzene rings is 1. The minimum Gasteiger partial charge on any atom is -0.370 e. The number of hydrogen-bond donors (Lipinski definition) is 0. The average molecular weight is 275 g/mol. The van der Waals surface area contributed by atoms with E-state index in [1.54, 1.807) is 18.5 Å². The number of halogens is 1. The summed E-state index contributed by atoms with van der Waals surface area (Å²) in [5, 5.41) is 0.492. The van der Waals surface area contributed by atoms with Crippen molar-refractivity contribution in [2.24, 2.45) is 0 Å². The molecule has 0 amide bonds. The molecule has 0 saturated carbocycles. The molecular formula is C15H15ClN2O. The zero-order chi connectivity index (χ0) is 13.8. The molecule has 1 heterocycles. The van der Waals surface area contributed by atoms with Crippen LogP contribution in [0.1, 0.15) is 22.8 Å². The van der Waals surface area contributed by atoms with Crippen LogP contribution < -0.4 is 4.90 Å². The summed E-state index contributed by atoms with van der Waals surface area (Å²) in [5.74, 6) is -0.0201. The number of hydrogen-bond acceptors (Lipinski definition) is 3. The Morgan fingerprint density at radius 3 is 2.53 bits per heavy atom. The number of carbonyl (C=O) groups is 1. The lowest BCUT2D eigenvalue weighted by atomic mass is 10.1. The smallest absolute Gasteiger partial charge is 0.161 e. The van der Waals surface area contributed by atoms with Crippen molar-refractivity contribution >= 4 is 23.1 Å². The number of anilines is 1. The Kier molecular flexibility index (Phi) is 4.17. The fraction of sp³-hybridized carbons (Fsp3) is 0.200. The molecule has 0 atom stereocenters. The highest BCUT2D eigenvalue weighted by atomic mass is 35.5. The molecule has 19 heavy (non-hydrogen) atoms. The van der Waals surface area contributed by atoms with Gasteiger partial charge in [0.25, 0.3) is 0 Å². The number of nitrogens with zero attached hydrogens (tertiary/aromatic N) is 2. The quantitative estimate of drug-likeness (QED) is 0.799. The lowest BCUT2D eigenvalue weighted by Crippen LogP contribution is -2.16. The summed E-state index contributed by atoms with van der Waals surface area (Å²) < 4.78 is 0. The third-order valence-electron chi connectivity index (χ3n) is 2.94. The molecule has 0 radical (unpaired) electrons. The first-order valence-electron chi connectivity index (χ1n) is 5.98. The third-order valence-corrected chi connectivity index (χ3v) is 3.25. The normalized spacial score (nSPS) is 10.3. The van der Waals surface area contributed by atoms with Gasteiger partial charge in [0, 0.05) is 37.2 Å². The van der Waals surface area contributed by atoms with Crippen LogP contribution in [0.25, 0.3) is 0 Å². The zero-order valence-corrected chi connectivity index (χ0v) is 11.7. The molecule has 0 spiro atoms. The SMILES string of the molecule is CC(=O)c1ccc(N(C)Cc2ccncc2)cc1Cl. The van der Waals surface area contributed by atoms with Gasteiger partial charge in [-0.25, -0.2) is 0 Å². The highest BCUT2D eigenvalue weighted by molar-refractivity contribution is 6.34. The molecule has 0 bridgehead atoms. The molecule has 0 aliphatic rings. The highest BCUT2D eigenvalue weighted by Gasteiger charge is 2.08. The number of Topliss-reactive ketones (excluding diaryl/α,β-unsaturated/α-hetero) is 1. The number of rotatable bonds is 4. The van der Waals surface area contributed by atoms with Crippen molar-refractivity contribution in [2.45, 2.75) is 13.5 Å². The molecule has 2 aromatic rings. The number of carbonyl (C=O) groups excluding carboxylic acids is 1. The van der Waals surface area contributed by atoms with Gasteiger partial charge in [-0.05, 0) is 42.8 Å². The highest BCUT2D eigenvalue weighted by Crippen LogP contribution is 2.24. The molecule has 3 nitrogen and oxygen atoms in total. The molecule has 0 aliphatic carbocycles. The Morgan fingerprint density at radius 2 is 1.95 bits per heavy atom. The van der Waals surface area contributed by atoms with Gasteiger partial charge in [-0.3, -0.25) is 9.78 Å². The summed E-state index contributed by atoms with van der Waals surface area (Å²) in [6, 6.07) is 9.44. The maximum absolute atomic E-state index is 11.3. The summed E-state index contributed by atoms with van der Waals surface area (Å²) in [5.41, 5.74) is 2.71. The summed E-state index contributed by atoms with van der Waals surface area (Å²) in [7, 11) is 1.99. The zero-order valence-electron chi connectivity index (χ0n) is 10.9. The fourth-order valence-corrected chi connectivity index (χ4v) is 2.19. The minimum atomic E-state index is -0.0201. The van der Waals surface area contributed by atoms with E-state index in [1.807, 2.05) is 31.3 Å². The van der Waals surface area contributed by atoms with Crippen LogP contribution in [0.4, 0.5) is 5.69 Å². The van der Waals surface area contributed by atoms with Gasteiger partial charge in [-0.1, -0.05) is 11.6 Å². The Balaban J connectivity index is 2.18. The van der Waals surface area contributed by atoms with Gasteiger partial charge in [0.1, 0.15) is 0 Å². The number of pyridine rings is 1. The molecule has 0 N–H and O–H groups in total. The number of aromatic nitrogens is 1. The van der Waals surface area contributed by atoms with Crippen LogP contribution in [0.5, 0.6) is 0 Å². The second-order valence-corrected chi connectivity index (χ2v) is 4.84. The fourth-order valence-electron chi connectivity index (χ4n) is 1.88. The first kappa shape index (κ1) is 13.6. The van der Waals surface area contributed by atoms with Crippen LogP contribution in [0.2, 0.25) is 5.02 Å². The standard InChI is InChI=1S/C15H15ClN2O/c1-11(19)14-4-3-13(9-15(14)16)18(2)10-12-5-7-17-8-6-12/h3-9H,10H2,1-2H3. The molecule has 0 aliphatic heterocycles. The van der Waals surface area contributed by atoms with Crippen LogP contribution in [0.15, 0.2) is 42.7 Å². The Hall–Kier alpha value is -1.87. The van der Waals surface area contributed by atoms with Crippen LogP contribution >= 0.6 is 11.6 Å². The first-order chi connectivity index (χ1) is 9.08. The van der Waals surface area contributed by atoms with Gasteiger partial charge < -0.3 is 4.90 Å². The monoisotopic (exact) mass is 274 g/mol. The summed E-state index contributed by atoms with van der Waals surface area (Å²) in [6.07, 6.45) is 3.55. The average Bonchev–Trinajstić information content (AvgIpc) is 2.39. The van der Waals surface area contributed by atoms with Crippen molar-refractivity contribution in [2.75, 3.05) is 11.9 Å². The van der Waals surface area contributed by atoms with E-state index in [0.717, 1.165) is 12.2 Å². The largest absolute Gasteiger partial charge is 0.370 e. The van der Waals surface area contributed by atoms with Crippen LogP contribution in [-0.4, -0.2) is 17.8 Å². The first-order valence-corrected chi connectivity index (χ1v) is 6.36. The number of ketones is 1. The summed E-state index contributed by atoms with van der Waals surface area (Å²) >= 11 is 6.11. The molecule has 0 saturated heterocycles. The molecule has 0 unspecified atom stereocenters. The van der Waals surface area contributed by atoms with E-state index in [1.165, 1.54) is 12.5 Å². The van der Waals surface area contributed by atoms with Gasteiger partial charge in [0.15, 0.2) is 5.78 Å². The van der Waals surface area contributed by atoms with Crippen LogP contribution in [0, 0.1) is 0 Å². The van der Waals surface area contributed by atoms with Crippen molar-refractivity contribution in [3.8, 4) is 0 Å². The second-order valence-electron chi connectivity index (χ2n) is 4.43. The Bertz CT molecular complexity index is 584. The van der Waals surface area contributed by atoms with E-state index in [2.05, 4.69) is 9.88 Å². The molecule has 1 aromatic heterocycles. The van der Waals surface area contributed by atoms with Gasteiger partial charge in [0.05, 0.1) is 5.02 Å². The van der Waals surface area contributed by atoms with E-state index in [-0.39, 0.29) is 5.78 Å². The molecule has 4 heteroatoms. The van der Waals surface area contributed by atoms with Gasteiger partial charge in [-0.2, -0.15) is 0 Å². The van der Waals surface area contributed by atoms with Crippen molar-refractivity contribution in [3.05, 3.63) is 58.9 Å². The van der Waals surface area contributed by atoms with Crippen LogP contribution in [0.3, 0.4) is 0 Å². The maximum Gasteiger partial charge on any atom is 0.161 e. The van der Waals surface area contributed by atoms with Gasteiger partial charge >= 0.3 is 0 Å². The van der Waals surface area contributed by atoms with Crippen LogP contribution in [-0.2, 0) is 6.54 Å². The van der Waals surface area contributed by atoms with Crippen molar-refractivity contribution in [3.63, 3.8) is 0 Å². The van der Waals surface area contributed by atoms with Gasteiger partial charge in [0.2, 0.25) is 0 Å². The van der Waals surface area contributed by atoms with Crippen molar-refractivity contribution in [1.82, 2.24) is 4.98 Å². The maximum atomic E-state index is 11.3. The Labute approximate surface area is 117 Å². The predicted octanol–water partition coefficient (Wildman–Crippen LogP) is 3.57. The predicted molar refractivity (Wildman–Crippen MR) is 77.8 cm³/mol. The molecule has 1 aromatic carbocycles. The van der Waals surface area contributed by atoms with Crippen molar-refractivity contribution in [1.29, 1.82) is 0 Å². The van der Waals surface area contributed by atoms with E-state index in [0.29, 0.717) is 10.6 Å². The molecule has 98 valence electrons. The lowest BCUT2D eigenvalue weighted by Gasteiger charge is -2.20. The van der Waals surface area contributed by atoms with E-state index < -0.39 is 0 Å². The lowest BCUT2D eigenvalue weighted by molar-refractivity contribution is 0.101. The van der Waals surface area contributed by atoms with E-state index in [4.69, 9.17) is 11.6 Å². The molecule has 0 fully saturated rings. The topological polar surface area (TPSA) is 33.2 Å². The van der Waals surface area contributed by atoms with E-state index in [9.17, 15) is 4.79 Å².